The van der Waals surface area contributed by atoms with Gasteiger partial charge in [0.2, 0.25) is 0 Å². The summed E-state index contributed by atoms with van der Waals surface area (Å²) in [4.78, 5) is 4.49. The first kappa shape index (κ1) is 20.4. The van der Waals surface area contributed by atoms with E-state index in [9.17, 15) is 12.8 Å². The molecule has 0 fully saturated rings. The van der Waals surface area contributed by atoms with E-state index in [0.29, 0.717) is 23.6 Å². The van der Waals surface area contributed by atoms with Crippen molar-refractivity contribution in [3.63, 3.8) is 0 Å². The van der Waals surface area contributed by atoms with Crippen molar-refractivity contribution in [1.29, 1.82) is 0 Å². The summed E-state index contributed by atoms with van der Waals surface area (Å²) in [7, 11) is -3.19. The zero-order chi connectivity index (χ0) is 19.0. The van der Waals surface area contributed by atoms with Gasteiger partial charge in [-0.05, 0) is 55.9 Å². The molecule has 0 saturated heterocycles. The van der Waals surface area contributed by atoms with Gasteiger partial charge in [-0.2, -0.15) is 0 Å². The molecule has 1 aliphatic carbocycles. The molecule has 5 nitrogen and oxygen atoms in total. The molecular weight excluding hydrogens is 353 g/mol. The van der Waals surface area contributed by atoms with Crippen LogP contribution in [-0.2, 0) is 22.1 Å². The minimum atomic E-state index is -3.19. The Morgan fingerprint density at radius 3 is 2.73 bits per heavy atom. The number of halogens is 1. The third-order valence-electron chi connectivity index (χ3n) is 4.21. The second kappa shape index (κ2) is 9.71. The number of nitrogens with one attached hydrogen (secondary N) is 2. The van der Waals surface area contributed by atoms with Crippen LogP contribution in [0.3, 0.4) is 0 Å². The Morgan fingerprint density at radius 1 is 1.27 bits per heavy atom. The summed E-state index contributed by atoms with van der Waals surface area (Å²) in [5.74, 6) is 0.148. The van der Waals surface area contributed by atoms with Crippen LogP contribution in [0.15, 0.2) is 34.8 Å². The number of aliphatic imine (C=N–C) groups is 1. The van der Waals surface area contributed by atoms with E-state index < -0.39 is 15.7 Å². The van der Waals surface area contributed by atoms with Crippen LogP contribution in [0.1, 0.15) is 43.7 Å². The molecule has 1 aromatic carbocycles. The van der Waals surface area contributed by atoms with Crippen molar-refractivity contribution in [2.75, 3.05) is 19.3 Å². The van der Waals surface area contributed by atoms with Crippen molar-refractivity contribution < 1.29 is 12.8 Å². The smallest absolute Gasteiger partial charge is 0.191 e. The second-order valence-corrected chi connectivity index (χ2v) is 8.75. The first-order chi connectivity index (χ1) is 12.4. The van der Waals surface area contributed by atoms with Gasteiger partial charge in [0.25, 0.3) is 0 Å². The van der Waals surface area contributed by atoms with E-state index in [0.717, 1.165) is 13.0 Å². The van der Waals surface area contributed by atoms with E-state index in [4.69, 9.17) is 0 Å². The van der Waals surface area contributed by atoms with Gasteiger partial charge in [0, 0.05) is 19.3 Å². The summed E-state index contributed by atoms with van der Waals surface area (Å²) >= 11 is 0. The van der Waals surface area contributed by atoms with Gasteiger partial charge in [0.05, 0.1) is 12.3 Å². The second-order valence-electron chi connectivity index (χ2n) is 6.61. The molecule has 0 aromatic heterocycles. The zero-order valence-corrected chi connectivity index (χ0v) is 16.3. The Kier molecular flexibility index (Phi) is 7.63. The molecular formula is C19H28FN3O2S. The minimum absolute atomic E-state index is 0.115. The molecule has 7 heteroatoms. The highest BCUT2D eigenvalue weighted by Crippen LogP contribution is 2.19. The molecule has 0 bridgehead atoms. The van der Waals surface area contributed by atoms with Crippen molar-refractivity contribution >= 4 is 15.8 Å². The van der Waals surface area contributed by atoms with Crippen LogP contribution >= 0.6 is 0 Å². The number of guanidine groups is 1. The Morgan fingerprint density at radius 2 is 2.08 bits per heavy atom. The lowest BCUT2D eigenvalue weighted by atomic mass is 10.1. The van der Waals surface area contributed by atoms with Crippen molar-refractivity contribution in [2.24, 2.45) is 4.99 Å². The molecule has 0 radical (unpaired) electrons. The Balaban J connectivity index is 2.04. The summed E-state index contributed by atoms with van der Waals surface area (Å²) in [5.41, 5.74) is 2.66. The van der Waals surface area contributed by atoms with Crippen LogP contribution in [0.4, 0.5) is 4.39 Å². The highest BCUT2D eigenvalue weighted by molar-refractivity contribution is 7.89. The molecule has 0 aliphatic heterocycles. The lowest BCUT2D eigenvalue weighted by Gasteiger charge is -2.13. The molecule has 26 heavy (non-hydrogen) atoms. The summed E-state index contributed by atoms with van der Waals surface area (Å²) < 4.78 is 36.8. The third kappa shape index (κ3) is 7.15. The summed E-state index contributed by atoms with van der Waals surface area (Å²) in [5, 5.41) is 6.45. The van der Waals surface area contributed by atoms with Crippen LogP contribution in [0.5, 0.6) is 0 Å². The molecule has 0 atom stereocenters. The number of sulfone groups is 1. The van der Waals surface area contributed by atoms with Gasteiger partial charge in [0.15, 0.2) is 15.8 Å². The minimum Gasteiger partial charge on any atom is -0.357 e. The number of benzene rings is 1. The van der Waals surface area contributed by atoms with Gasteiger partial charge in [-0.3, -0.25) is 0 Å². The average molecular weight is 382 g/mol. The fourth-order valence-electron chi connectivity index (χ4n) is 2.98. The van der Waals surface area contributed by atoms with Crippen LogP contribution in [0, 0.1) is 5.82 Å². The average Bonchev–Trinajstić information content (AvgIpc) is 3.07. The topological polar surface area (TPSA) is 70.6 Å². The van der Waals surface area contributed by atoms with Gasteiger partial charge in [0.1, 0.15) is 5.82 Å². The number of hydrogen-bond donors (Lipinski definition) is 2. The normalized spacial score (nSPS) is 15.0. The number of allylic oxidation sites excluding steroid dienone is 1. The van der Waals surface area contributed by atoms with Gasteiger partial charge >= 0.3 is 0 Å². The molecule has 1 aliphatic rings. The molecule has 0 unspecified atom stereocenters. The van der Waals surface area contributed by atoms with Gasteiger partial charge in [-0.15, -0.1) is 0 Å². The first-order valence-corrected chi connectivity index (χ1v) is 11.1. The van der Waals surface area contributed by atoms with Gasteiger partial charge in [-0.1, -0.05) is 17.7 Å². The predicted molar refractivity (Wildman–Crippen MR) is 104 cm³/mol. The monoisotopic (exact) mass is 381 g/mol. The SMILES string of the molecule is CCNC(=NCc1cc(F)ccc1CS(C)(=O)=O)NCCC1=CCCC1. The molecule has 0 amide bonds. The Bertz CT molecular complexity index is 773. The Labute approximate surface area is 155 Å². The maximum absolute atomic E-state index is 13.6. The quantitative estimate of drug-likeness (QED) is 0.413. The lowest BCUT2D eigenvalue weighted by Crippen LogP contribution is -2.37. The fraction of sp³-hybridized carbons (Fsp3) is 0.526. The van der Waals surface area contributed by atoms with Crippen molar-refractivity contribution in [3.8, 4) is 0 Å². The number of rotatable bonds is 8. The molecule has 2 rings (SSSR count). The predicted octanol–water partition coefficient (Wildman–Crippen LogP) is 2.93. The number of nitrogens with zero attached hydrogens (tertiary/aromatic N) is 1. The standard InChI is InChI=1S/C19H28FN3O2S/c1-3-21-19(22-11-10-15-6-4-5-7-15)23-13-17-12-18(20)9-8-16(17)14-26(2,24)25/h6,8-9,12H,3-5,7,10-11,13-14H2,1-2H3,(H2,21,22,23). The van der Waals surface area contributed by atoms with Gasteiger partial charge in [-0.25, -0.2) is 17.8 Å². The zero-order valence-electron chi connectivity index (χ0n) is 15.5. The van der Waals surface area contributed by atoms with E-state index in [1.807, 2.05) is 6.92 Å². The summed E-state index contributed by atoms with van der Waals surface area (Å²) in [6.45, 7) is 3.71. The largest absolute Gasteiger partial charge is 0.357 e. The van der Waals surface area contributed by atoms with E-state index in [1.54, 1.807) is 0 Å². The summed E-state index contributed by atoms with van der Waals surface area (Å²) in [6, 6.07) is 4.16. The molecule has 2 N–H and O–H groups in total. The molecule has 144 valence electrons. The molecule has 0 heterocycles. The first-order valence-electron chi connectivity index (χ1n) is 9.02. The molecule has 0 saturated carbocycles. The summed E-state index contributed by atoms with van der Waals surface area (Å²) in [6.07, 6.45) is 8.05. The van der Waals surface area contributed by atoms with Crippen molar-refractivity contribution in [1.82, 2.24) is 10.6 Å². The maximum atomic E-state index is 13.6. The van der Waals surface area contributed by atoms with E-state index in [-0.39, 0.29) is 12.3 Å². The lowest BCUT2D eigenvalue weighted by molar-refractivity contribution is 0.600. The van der Waals surface area contributed by atoms with Gasteiger partial charge < -0.3 is 10.6 Å². The third-order valence-corrected chi connectivity index (χ3v) is 5.05. The highest BCUT2D eigenvalue weighted by atomic mass is 32.2. The molecule has 0 spiro atoms. The molecule has 1 aromatic rings. The maximum Gasteiger partial charge on any atom is 0.191 e. The van der Waals surface area contributed by atoms with Crippen molar-refractivity contribution in [2.45, 2.75) is 44.9 Å². The van der Waals surface area contributed by atoms with E-state index in [2.05, 4.69) is 21.7 Å². The van der Waals surface area contributed by atoms with Crippen molar-refractivity contribution in [3.05, 3.63) is 46.8 Å². The van der Waals surface area contributed by atoms with Crippen LogP contribution < -0.4 is 10.6 Å². The van der Waals surface area contributed by atoms with Crippen LogP contribution in [0.25, 0.3) is 0 Å². The highest BCUT2D eigenvalue weighted by Gasteiger charge is 2.11. The van der Waals surface area contributed by atoms with Crippen LogP contribution in [-0.4, -0.2) is 33.7 Å². The van der Waals surface area contributed by atoms with E-state index in [1.165, 1.54) is 49.3 Å². The number of hydrogen-bond acceptors (Lipinski definition) is 3. The van der Waals surface area contributed by atoms with E-state index >= 15 is 0 Å². The Hall–Kier alpha value is -1.89. The fourth-order valence-corrected chi connectivity index (χ4v) is 3.82. The van der Waals surface area contributed by atoms with Crippen LogP contribution in [0.2, 0.25) is 0 Å².